The van der Waals surface area contributed by atoms with Crippen LogP contribution in [0.2, 0.25) is 0 Å². The Morgan fingerprint density at radius 3 is 2.46 bits per heavy atom. The molecule has 0 amide bonds. The van der Waals surface area contributed by atoms with Gasteiger partial charge in [0.1, 0.15) is 6.33 Å². The summed E-state index contributed by atoms with van der Waals surface area (Å²) in [5.41, 5.74) is 2.59. The average Bonchev–Trinajstić information content (AvgIpc) is 2.96. The molecule has 0 unspecified atom stereocenters. The highest BCUT2D eigenvalue weighted by molar-refractivity contribution is 7.90. The predicted octanol–water partition coefficient (Wildman–Crippen LogP) is 3.02. The first-order valence-corrected chi connectivity index (χ1v) is 8.68. The number of rotatable bonds is 4. The number of methoxy groups -OCH3 is 1. The van der Waals surface area contributed by atoms with Gasteiger partial charge in [-0.3, -0.25) is 0 Å². The van der Waals surface area contributed by atoms with Gasteiger partial charge in [0, 0.05) is 11.8 Å². The molecule has 0 saturated heterocycles. The van der Waals surface area contributed by atoms with Gasteiger partial charge in [-0.2, -0.15) is 0 Å². The molecule has 6 nitrogen and oxygen atoms in total. The predicted molar refractivity (Wildman–Crippen MR) is 92.6 cm³/mol. The van der Waals surface area contributed by atoms with E-state index in [0.717, 1.165) is 9.54 Å². The van der Waals surface area contributed by atoms with Gasteiger partial charge in [-0.25, -0.2) is 22.4 Å². The van der Waals surface area contributed by atoms with E-state index in [2.05, 4.69) is 16.5 Å². The molecule has 0 fully saturated rings. The molecule has 0 bridgehead atoms. The van der Waals surface area contributed by atoms with Crippen molar-refractivity contribution in [3.05, 3.63) is 54.5 Å². The first-order chi connectivity index (χ1) is 11.4. The first-order valence-electron chi connectivity index (χ1n) is 7.24. The smallest absolute Gasteiger partial charge is 0.269 e. The Balaban J connectivity index is 2.34. The fraction of sp³-hybridized carbons (Fsp3) is 0.176. The molecule has 3 aromatic rings. The van der Waals surface area contributed by atoms with Crippen molar-refractivity contribution in [1.29, 1.82) is 0 Å². The number of hydrogen-bond donors (Lipinski definition) is 0. The van der Waals surface area contributed by atoms with Gasteiger partial charge in [-0.1, -0.05) is 24.3 Å². The third kappa shape index (κ3) is 2.46. The maximum absolute atomic E-state index is 13.0. The molecule has 0 saturated carbocycles. The highest BCUT2D eigenvalue weighted by Gasteiger charge is 2.24. The van der Waals surface area contributed by atoms with Crippen molar-refractivity contribution in [2.75, 3.05) is 7.11 Å². The molecule has 0 aliphatic carbocycles. The van der Waals surface area contributed by atoms with Gasteiger partial charge in [0.25, 0.3) is 10.0 Å². The van der Waals surface area contributed by atoms with Crippen molar-refractivity contribution in [2.24, 2.45) is 0 Å². The van der Waals surface area contributed by atoms with Gasteiger partial charge in [-0.05, 0) is 31.6 Å². The van der Waals surface area contributed by atoms with Crippen molar-refractivity contribution in [3.8, 4) is 5.88 Å². The van der Waals surface area contributed by atoms with Crippen LogP contribution in [0.4, 0.5) is 0 Å². The minimum absolute atomic E-state index is 0.191. The number of allylic oxidation sites excluding steroid dienone is 1. The molecule has 1 aromatic carbocycles. The molecule has 2 aromatic heterocycles. The van der Waals surface area contributed by atoms with Crippen molar-refractivity contribution >= 4 is 26.6 Å². The Labute approximate surface area is 140 Å². The van der Waals surface area contributed by atoms with E-state index < -0.39 is 10.0 Å². The number of fused-ring (bicyclic) bond motifs is 1. The van der Waals surface area contributed by atoms with Crippen molar-refractivity contribution in [1.82, 2.24) is 13.9 Å². The monoisotopic (exact) mass is 343 g/mol. The Morgan fingerprint density at radius 2 is 1.88 bits per heavy atom. The molecule has 124 valence electrons. The molecule has 3 rings (SSSR count). The van der Waals surface area contributed by atoms with E-state index in [4.69, 9.17) is 4.74 Å². The Kier molecular flexibility index (Phi) is 3.88. The summed E-state index contributed by atoms with van der Waals surface area (Å²) in [6.07, 6.45) is 2.80. The number of aromatic nitrogens is 3. The van der Waals surface area contributed by atoms with Crippen LogP contribution in [0.5, 0.6) is 5.88 Å². The summed E-state index contributed by atoms with van der Waals surface area (Å²) < 4.78 is 32.5. The standard InChI is InChI=1S/C17H17N3O3S/c1-11(2)14-9-20(16-15(14)17(23-4)19-10-18-16)24(21,22)13-7-5-12(3)6-8-13/h5-10H,1H2,2-4H3. The minimum atomic E-state index is -3.79. The van der Waals surface area contributed by atoms with Gasteiger partial charge in [0.05, 0.1) is 17.4 Å². The summed E-state index contributed by atoms with van der Waals surface area (Å²) in [5, 5.41) is 0.531. The third-order valence-electron chi connectivity index (χ3n) is 3.75. The first kappa shape index (κ1) is 16.2. The van der Waals surface area contributed by atoms with Gasteiger partial charge in [0.15, 0.2) is 5.65 Å². The van der Waals surface area contributed by atoms with E-state index in [-0.39, 0.29) is 10.5 Å². The van der Waals surface area contributed by atoms with Gasteiger partial charge >= 0.3 is 0 Å². The quantitative estimate of drug-likeness (QED) is 0.728. The summed E-state index contributed by atoms with van der Waals surface area (Å²) in [7, 11) is -2.31. The van der Waals surface area contributed by atoms with Crippen LogP contribution in [-0.4, -0.2) is 29.5 Å². The number of aryl methyl sites for hydroxylation is 1. The SMILES string of the molecule is C=C(C)c1cn(S(=O)(=O)c2ccc(C)cc2)c2ncnc(OC)c12. The molecule has 2 heterocycles. The van der Waals surface area contributed by atoms with Crippen LogP contribution in [0.1, 0.15) is 18.1 Å². The van der Waals surface area contributed by atoms with E-state index in [1.807, 2.05) is 6.92 Å². The molecule has 0 aliphatic heterocycles. The zero-order valence-corrected chi connectivity index (χ0v) is 14.5. The van der Waals surface area contributed by atoms with Crippen LogP contribution in [0, 0.1) is 6.92 Å². The lowest BCUT2D eigenvalue weighted by Crippen LogP contribution is -2.12. The van der Waals surface area contributed by atoms with Crippen LogP contribution < -0.4 is 4.74 Å². The lowest BCUT2D eigenvalue weighted by Gasteiger charge is -2.07. The summed E-state index contributed by atoms with van der Waals surface area (Å²) in [6.45, 7) is 7.61. The Bertz CT molecular complexity index is 1030. The third-order valence-corrected chi connectivity index (χ3v) is 5.41. The average molecular weight is 343 g/mol. The molecule has 0 spiro atoms. The van der Waals surface area contributed by atoms with Crippen LogP contribution >= 0.6 is 0 Å². The van der Waals surface area contributed by atoms with Crippen molar-refractivity contribution in [2.45, 2.75) is 18.7 Å². The van der Waals surface area contributed by atoms with Gasteiger partial charge in [-0.15, -0.1) is 0 Å². The van der Waals surface area contributed by atoms with E-state index in [9.17, 15) is 8.42 Å². The molecule has 0 radical (unpaired) electrons. The topological polar surface area (TPSA) is 74.1 Å². The summed E-state index contributed by atoms with van der Waals surface area (Å²) in [5.74, 6) is 0.316. The largest absolute Gasteiger partial charge is 0.480 e. The van der Waals surface area contributed by atoms with Crippen molar-refractivity contribution in [3.63, 3.8) is 0 Å². The number of ether oxygens (including phenoxy) is 1. The molecular weight excluding hydrogens is 326 g/mol. The van der Waals surface area contributed by atoms with E-state index >= 15 is 0 Å². The zero-order valence-electron chi connectivity index (χ0n) is 13.6. The Hall–Kier alpha value is -2.67. The van der Waals surface area contributed by atoms with Crippen LogP contribution in [0.25, 0.3) is 16.6 Å². The normalized spacial score (nSPS) is 11.6. The van der Waals surface area contributed by atoms with E-state index in [0.29, 0.717) is 22.4 Å². The lowest BCUT2D eigenvalue weighted by atomic mass is 10.1. The number of benzene rings is 1. The summed E-state index contributed by atoms with van der Waals surface area (Å²) >= 11 is 0. The number of hydrogen-bond acceptors (Lipinski definition) is 5. The molecule has 24 heavy (non-hydrogen) atoms. The second-order valence-electron chi connectivity index (χ2n) is 5.52. The van der Waals surface area contributed by atoms with Gasteiger partial charge < -0.3 is 4.74 Å². The van der Waals surface area contributed by atoms with Crippen LogP contribution in [0.15, 0.2) is 48.3 Å². The van der Waals surface area contributed by atoms with E-state index in [1.54, 1.807) is 31.2 Å². The second-order valence-corrected chi connectivity index (χ2v) is 7.33. The molecule has 7 heteroatoms. The maximum atomic E-state index is 13.0. The van der Waals surface area contributed by atoms with E-state index in [1.165, 1.54) is 19.6 Å². The zero-order chi connectivity index (χ0) is 17.5. The fourth-order valence-corrected chi connectivity index (χ4v) is 3.81. The summed E-state index contributed by atoms with van der Waals surface area (Å²) in [4.78, 5) is 8.41. The summed E-state index contributed by atoms with van der Waals surface area (Å²) in [6, 6.07) is 6.67. The Morgan fingerprint density at radius 1 is 1.21 bits per heavy atom. The van der Waals surface area contributed by atoms with Gasteiger partial charge in [0.2, 0.25) is 5.88 Å². The second kappa shape index (κ2) is 5.76. The maximum Gasteiger partial charge on any atom is 0.269 e. The van der Waals surface area contributed by atoms with Crippen LogP contribution in [0.3, 0.4) is 0 Å². The highest BCUT2D eigenvalue weighted by atomic mass is 32.2. The highest BCUT2D eigenvalue weighted by Crippen LogP contribution is 2.33. The molecule has 0 N–H and O–H groups in total. The van der Waals surface area contributed by atoms with Crippen LogP contribution in [-0.2, 0) is 10.0 Å². The molecule has 0 aliphatic rings. The fourth-order valence-electron chi connectivity index (χ4n) is 2.49. The number of nitrogens with zero attached hydrogens (tertiary/aromatic N) is 3. The lowest BCUT2D eigenvalue weighted by molar-refractivity contribution is 0.402. The molecule has 0 atom stereocenters. The molecular formula is C17H17N3O3S. The van der Waals surface area contributed by atoms with Crippen molar-refractivity contribution < 1.29 is 13.2 Å². The minimum Gasteiger partial charge on any atom is -0.480 e.